The second-order valence-corrected chi connectivity index (χ2v) is 4.43. The first-order valence-corrected chi connectivity index (χ1v) is 6.49. The topological polar surface area (TPSA) is 29.1 Å². The molecule has 0 heterocycles. The number of carbonyl (C=O) groups is 1. The maximum atomic E-state index is 11.5. The number of hydrogen-bond donors (Lipinski definition) is 1. The van der Waals surface area contributed by atoms with Crippen LogP contribution in [0.1, 0.15) is 12.5 Å². The summed E-state index contributed by atoms with van der Waals surface area (Å²) in [4.78, 5) is 11.5. The van der Waals surface area contributed by atoms with Crippen molar-refractivity contribution in [2.45, 2.75) is 13.3 Å². The summed E-state index contributed by atoms with van der Waals surface area (Å²) in [6.07, 6.45) is 2.82. The highest BCUT2D eigenvalue weighted by Crippen LogP contribution is 2.10. The first-order valence-electron chi connectivity index (χ1n) is 5.33. The molecule has 0 saturated heterocycles. The molecule has 0 spiro atoms. The van der Waals surface area contributed by atoms with Crippen molar-refractivity contribution in [2.75, 3.05) is 16.8 Å². The fraction of sp³-hybridized carbons (Fsp3) is 0.308. The van der Waals surface area contributed by atoms with Gasteiger partial charge in [0.25, 0.3) is 0 Å². The van der Waals surface area contributed by atoms with Gasteiger partial charge in [0.05, 0.1) is 5.75 Å². The fourth-order valence-electron chi connectivity index (χ4n) is 1.26. The van der Waals surface area contributed by atoms with E-state index < -0.39 is 0 Å². The SMILES string of the molecule is C=CCSCC(=O)Nc1ccc(CC)cc1. The number of rotatable bonds is 6. The lowest BCUT2D eigenvalue weighted by molar-refractivity contribution is -0.113. The van der Waals surface area contributed by atoms with Gasteiger partial charge in [0.2, 0.25) is 5.91 Å². The van der Waals surface area contributed by atoms with E-state index in [9.17, 15) is 4.79 Å². The van der Waals surface area contributed by atoms with E-state index in [1.54, 1.807) is 17.8 Å². The average Bonchev–Trinajstić information content (AvgIpc) is 2.30. The van der Waals surface area contributed by atoms with Crippen LogP contribution in [0.25, 0.3) is 0 Å². The highest BCUT2D eigenvalue weighted by atomic mass is 32.2. The van der Waals surface area contributed by atoms with Gasteiger partial charge in [-0.2, -0.15) is 0 Å². The number of hydrogen-bond acceptors (Lipinski definition) is 2. The number of nitrogens with one attached hydrogen (secondary N) is 1. The lowest BCUT2D eigenvalue weighted by Crippen LogP contribution is -2.14. The molecule has 1 amide bonds. The van der Waals surface area contributed by atoms with Crippen LogP contribution < -0.4 is 5.32 Å². The lowest BCUT2D eigenvalue weighted by atomic mass is 10.1. The van der Waals surface area contributed by atoms with Gasteiger partial charge >= 0.3 is 0 Å². The Bertz CT molecular complexity index is 345. The molecular weight excluding hydrogens is 218 g/mol. The predicted molar refractivity (Wildman–Crippen MR) is 72.0 cm³/mol. The summed E-state index contributed by atoms with van der Waals surface area (Å²) in [5.74, 6) is 1.32. The van der Waals surface area contributed by atoms with Crippen molar-refractivity contribution in [1.82, 2.24) is 0 Å². The number of thioether (sulfide) groups is 1. The van der Waals surface area contributed by atoms with Crippen molar-refractivity contribution in [3.8, 4) is 0 Å². The number of amides is 1. The van der Waals surface area contributed by atoms with Gasteiger partial charge in [0.15, 0.2) is 0 Å². The first kappa shape index (κ1) is 12.8. The molecule has 0 aliphatic heterocycles. The second kappa shape index (κ2) is 7.12. The van der Waals surface area contributed by atoms with Crippen molar-refractivity contribution in [3.63, 3.8) is 0 Å². The third-order valence-electron chi connectivity index (χ3n) is 2.11. The Hall–Kier alpha value is -1.22. The van der Waals surface area contributed by atoms with Gasteiger partial charge in [-0.3, -0.25) is 4.79 Å². The van der Waals surface area contributed by atoms with E-state index in [0.717, 1.165) is 17.9 Å². The summed E-state index contributed by atoms with van der Waals surface area (Å²) in [5, 5.41) is 2.86. The zero-order valence-corrected chi connectivity index (χ0v) is 10.3. The molecule has 0 saturated carbocycles. The van der Waals surface area contributed by atoms with Gasteiger partial charge < -0.3 is 5.32 Å². The van der Waals surface area contributed by atoms with Crippen LogP contribution in [-0.4, -0.2) is 17.4 Å². The van der Waals surface area contributed by atoms with Crippen LogP contribution in [0.3, 0.4) is 0 Å². The predicted octanol–water partition coefficient (Wildman–Crippen LogP) is 3.11. The molecule has 3 heteroatoms. The highest BCUT2D eigenvalue weighted by Gasteiger charge is 2.01. The Balaban J connectivity index is 2.40. The van der Waals surface area contributed by atoms with Gasteiger partial charge in [0, 0.05) is 11.4 Å². The molecule has 1 aromatic rings. The maximum Gasteiger partial charge on any atom is 0.234 e. The summed E-state index contributed by atoms with van der Waals surface area (Å²) in [7, 11) is 0. The fourth-order valence-corrected chi connectivity index (χ4v) is 1.80. The number of carbonyl (C=O) groups excluding carboxylic acids is 1. The summed E-state index contributed by atoms with van der Waals surface area (Å²) in [6, 6.07) is 7.95. The molecule has 1 aromatic carbocycles. The molecule has 16 heavy (non-hydrogen) atoms. The van der Waals surface area contributed by atoms with Crippen LogP contribution >= 0.6 is 11.8 Å². The zero-order chi connectivity index (χ0) is 11.8. The maximum absolute atomic E-state index is 11.5. The molecule has 1 N–H and O–H groups in total. The second-order valence-electron chi connectivity index (χ2n) is 3.40. The molecule has 0 atom stereocenters. The smallest absolute Gasteiger partial charge is 0.234 e. The van der Waals surface area contributed by atoms with Crippen molar-refractivity contribution in [2.24, 2.45) is 0 Å². The Labute approximate surface area is 101 Å². The van der Waals surface area contributed by atoms with Crippen LogP contribution in [0, 0.1) is 0 Å². The molecule has 0 unspecified atom stereocenters. The van der Waals surface area contributed by atoms with E-state index in [1.807, 2.05) is 24.3 Å². The van der Waals surface area contributed by atoms with Gasteiger partial charge in [-0.05, 0) is 24.1 Å². The van der Waals surface area contributed by atoms with E-state index in [0.29, 0.717) is 5.75 Å². The number of aryl methyl sites for hydroxylation is 1. The molecule has 0 aliphatic rings. The van der Waals surface area contributed by atoms with E-state index in [2.05, 4.69) is 18.8 Å². The lowest BCUT2D eigenvalue weighted by Gasteiger charge is -2.05. The molecule has 0 radical (unpaired) electrons. The minimum absolute atomic E-state index is 0.0381. The van der Waals surface area contributed by atoms with E-state index in [1.165, 1.54) is 5.56 Å². The first-order chi connectivity index (χ1) is 7.76. The summed E-state index contributed by atoms with van der Waals surface area (Å²) in [6.45, 7) is 5.72. The third kappa shape index (κ3) is 4.53. The van der Waals surface area contributed by atoms with Gasteiger partial charge in [-0.15, -0.1) is 18.3 Å². The molecule has 86 valence electrons. The molecule has 1 rings (SSSR count). The Morgan fingerprint density at radius 2 is 2.12 bits per heavy atom. The molecule has 0 fully saturated rings. The Morgan fingerprint density at radius 3 is 2.69 bits per heavy atom. The van der Waals surface area contributed by atoms with Crippen molar-refractivity contribution >= 4 is 23.4 Å². The largest absolute Gasteiger partial charge is 0.325 e. The van der Waals surface area contributed by atoms with E-state index >= 15 is 0 Å². The van der Waals surface area contributed by atoms with Crippen molar-refractivity contribution in [1.29, 1.82) is 0 Å². The van der Waals surface area contributed by atoms with E-state index in [4.69, 9.17) is 0 Å². The normalized spacial score (nSPS) is 9.81. The highest BCUT2D eigenvalue weighted by molar-refractivity contribution is 8.00. The van der Waals surface area contributed by atoms with Crippen molar-refractivity contribution < 1.29 is 4.79 Å². The molecule has 0 bridgehead atoms. The summed E-state index contributed by atoms with van der Waals surface area (Å²) < 4.78 is 0. The van der Waals surface area contributed by atoms with Gasteiger partial charge in [-0.1, -0.05) is 25.1 Å². The standard InChI is InChI=1S/C13H17NOS/c1-3-9-16-10-13(15)14-12-7-5-11(4-2)6-8-12/h3,5-8H,1,4,9-10H2,2H3,(H,14,15). The van der Waals surface area contributed by atoms with Gasteiger partial charge in [-0.25, -0.2) is 0 Å². The summed E-state index contributed by atoms with van der Waals surface area (Å²) in [5.41, 5.74) is 2.14. The minimum atomic E-state index is 0.0381. The quantitative estimate of drug-likeness (QED) is 0.606. The molecule has 0 aromatic heterocycles. The van der Waals surface area contributed by atoms with Crippen LogP contribution in [0.15, 0.2) is 36.9 Å². The monoisotopic (exact) mass is 235 g/mol. The van der Waals surface area contributed by atoms with Crippen LogP contribution in [0.5, 0.6) is 0 Å². The summed E-state index contributed by atoms with van der Waals surface area (Å²) >= 11 is 1.56. The third-order valence-corrected chi connectivity index (χ3v) is 3.05. The Kier molecular flexibility index (Phi) is 5.72. The minimum Gasteiger partial charge on any atom is -0.325 e. The van der Waals surface area contributed by atoms with Gasteiger partial charge in [0.1, 0.15) is 0 Å². The molecular formula is C13H17NOS. The van der Waals surface area contributed by atoms with Crippen LogP contribution in [0.4, 0.5) is 5.69 Å². The van der Waals surface area contributed by atoms with Crippen LogP contribution in [0.2, 0.25) is 0 Å². The Morgan fingerprint density at radius 1 is 1.44 bits per heavy atom. The van der Waals surface area contributed by atoms with Crippen molar-refractivity contribution in [3.05, 3.63) is 42.5 Å². The van der Waals surface area contributed by atoms with Crippen LogP contribution in [-0.2, 0) is 11.2 Å². The average molecular weight is 235 g/mol. The zero-order valence-electron chi connectivity index (χ0n) is 9.53. The molecule has 2 nitrogen and oxygen atoms in total. The molecule has 0 aliphatic carbocycles. The van der Waals surface area contributed by atoms with E-state index in [-0.39, 0.29) is 5.91 Å². The number of benzene rings is 1. The number of anilines is 1.